The summed E-state index contributed by atoms with van der Waals surface area (Å²) in [4.78, 5) is 31.0. The average Bonchev–Trinajstić information content (AvgIpc) is 4.20. The van der Waals surface area contributed by atoms with Crippen LogP contribution in [0.15, 0.2) is 102 Å². The number of carbonyl (C=O) groups is 1. The summed E-state index contributed by atoms with van der Waals surface area (Å²) in [5.41, 5.74) is 8.44. The van der Waals surface area contributed by atoms with Gasteiger partial charge in [0.2, 0.25) is 10.0 Å². The second-order valence-corrected chi connectivity index (χ2v) is 24.3. The van der Waals surface area contributed by atoms with Crippen LogP contribution in [-0.4, -0.2) is 224 Å². The van der Waals surface area contributed by atoms with Crippen molar-refractivity contribution in [1.82, 2.24) is 37.4 Å². The topological polar surface area (TPSA) is 121 Å². The van der Waals surface area contributed by atoms with E-state index in [0.717, 1.165) is 137 Å². The maximum atomic E-state index is 13.1. The fourth-order valence-electron chi connectivity index (χ4n) is 11.4. The number of carbonyl (C=O) groups excluding carboxylic acids is 1. The van der Waals surface area contributed by atoms with Crippen LogP contribution in [0.4, 0.5) is 26.2 Å². The lowest BCUT2D eigenvalue weighted by molar-refractivity contribution is 0.116. The molecule has 2 amide bonds. The molecule has 4 aromatic rings. The zero-order valence-corrected chi connectivity index (χ0v) is 47.3. The second-order valence-electron chi connectivity index (χ2n) is 20.4. The van der Waals surface area contributed by atoms with Crippen molar-refractivity contribution in [2.45, 2.75) is 51.9 Å². The highest BCUT2D eigenvalue weighted by Gasteiger charge is 2.32. The number of para-hydroxylation sites is 3. The van der Waals surface area contributed by atoms with Crippen LogP contribution in [0.25, 0.3) is 0 Å². The Bertz CT molecular complexity index is 2690. The van der Waals surface area contributed by atoms with E-state index in [9.17, 15) is 26.0 Å². The number of anilines is 3. The van der Waals surface area contributed by atoms with Crippen molar-refractivity contribution < 1.29 is 26.0 Å². The standard InChI is InChI=1S/C20H24FN3O2S.C19H30N4O.C18H30N4O2S/c21-18-5-7-19(8-6-18)27(25,26)24-15-12-22(13-16-24)11-14-23-10-9-17-3-1-2-4-20(17)23;1-3-21(4-2)19(24)23-15-12-20(13-16-23)11-14-22-10-9-17-7-5-6-8-18(17)22;1-3-21(4-2)25(23,24)22-15-12-19(13-16-22)11-14-20-10-9-17-7-5-6-8-18(17)20/h1-8H,9-16H2;5-8H,3-4,9-16H2,1-2H3;5-8H,3-4,9-16H2,1-2H3. The molecule has 10 rings (SSSR count). The molecule has 6 aliphatic rings. The van der Waals surface area contributed by atoms with E-state index in [2.05, 4.69) is 102 Å². The van der Waals surface area contributed by atoms with Gasteiger partial charge in [-0.1, -0.05) is 68.4 Å². The smallest absolute Gasteiger partial charge is 0.320 e. The van der Waals surface area contributed by atoms with E-state index < -0.39 is 26.0 Å². The molecule has 6 heterocycles. The van der Waals surface area contributed by atoms with Gasteiger partial charge in [-0.2, -0.15) is 21.3 Å². The molecule has 0 spiro atoms. The molecule has 0 aliphatic carbocycles. The number of benzene rings is 4. The van der Waals surface area contributed by atoms with Crippen molar-refractivity contribution in [3.8, 4) is 0 Å². The molecule has 16 nitrogen and oxygen atoms in total. The second kappa shape index (κ2) is 27.1. The van der Waals surface area contributed by atoms with Crippen molar-refractivity contribution in [2.75, 3.05) is 178 Å². The Balaban J connectivity index is 0.000000151. The summed E-state index contributed by atoms with van der Waals surface area (Å²) in [5, 5.41) is 0. The van der Waals surface area contributed by atoms with Gasteiger partial charge in [0.1, 0.15) is 5.82 Å². The van der Waals surface area contributed by atoms with Crippen molar-refractivity contribution in [3.05, 3.63) is 120 Å². The third kappa shape index (κ3) is 14.2. The minimum atomic E-state index is -3.54. The van der Waals surface area contributed by atoms with Gasteiger partial charge in [-0.3, -0.25) is 14.7 Å². The zero-order valence-electron chi connectivity index (χ0n) is 45.7. The average molecular weight is 1090 g/mol. The van der Waals surface area contributed by atoms with Crippen LogP contribution in [0.5, 0.6) is 0 Å². The first kappa shape index (κ1) is 57.3. The minimum absolute atomic E-state index is 0.158. The van der Waals surface area contributed by atoms with Crippen molar-refractivity contribution in [3.63, 3.8) is 0 Å². The summed E-state index contributed by atoms with van der Waals surface area (Å²) in [6.45, 7) is 28.8. The Morgan fingerprint density at radius 1 is 0.447 bits per heavy atom. The molecule has 19 heteroatoms. The van der Waals surface area contributed by atoms with E-state index in [1.807, 2.05) is 37.5 Å². The van der Waals surface area contributed by atoms with Crippen LogP contribution < -0.4 is 14.7 Å². The Hall–Kier alpha value is -4.86. The molecule has 6 aliphatic heterocycles. The molecule has 0 aromatic heterocycles. The molecule has 416 valence electrons. The Labute approximate surface area is 454 Å². The van der Waals surface area contributed by atoms with Gasteiger partial charge in [0.05, 0.1) is 4.90 Å². The SMILES string of the molecule is CCN(CC)C(=O)N1CCN(CCN2CCc3ccccc32)CC1.CCN(CC)S(=O)(=O)N1CCN(CCN2CCc3ccccc32)CC1.O=S(=O)(c1ccc(F)cc1)N1CCN(CCN2CCc3ccccc32)CC1. The summed E-state index contributed by atoms with van der Waals surface area (Å²) in [5.74, 6) is -0.428. The highest BCUT2D eigenvalue weighted by Crippen LogP contribution is 2.30. The van der Waals surface area contributed by atoms with Crippen LogP contribution in [0.3, 0.4) is 0 Å². The van der Waals surface area contributed by atoms with Crippen molar-refractivity contribution in [2.24, 2.45) is 0 Å². The lowest BCUT2D eigenvalue weighted by Crippen LogP contribution is -2.53. The molecule has 0 saturated carbocycles. The normalized spacial score (nSPS) is 18.7. The third-order valence-electron chi connectivity index (χ3n) is 16.2. The summed E-state index contributed by atoms with van der Waals surface area (Å²) in [6, 6.07) is 31.2. The molecule has 76 heavy (non-hydrogen) atoms. The first-order valence-electron chi connectivity index (χ1n) is 28.0. The number of nitrogens with zero attached hydrogens (tertiary/aromatic N) is 11. The number of hydrogen-bond acceptors (Lipinski definition) is 11. The van der Waals surface area contributed by atoms with E-state index >= 15 is 0 Å². The van der Waals surface area contributed by atoms with Gasteiger partial charge in [-0.15, -0.1) is 0 Å². The summed E-state index contributed by atoms with van der Waals surface area (Å²) in [7, 11) is -6.83. The van der Waals surface area contributed by atoms with Crippen LogP contribution in [0.1, 0.15) is 44.4 Å². The predicted molar refractivity (Wildman–Crippen MR) is 305 cm³/mol. The molecule has 0 bridgehead atoms. The van der Waals surface area contributed by atoms with Crippen molar-refractivity contribution >= 4 is 43.3 Å². The lowest BCUT2D eigenvalue weighted by Gasteiger charge is -2.37. The van der Waals surface area contributed by atoms with Crippen LogP contribution in [-0.2, 0) is 39.5 Å². The number of halogens is 1. The molecule has 3 fully saturated rings. The predicted octanol–water partition coefficient (Wildman–Crippen LogP) is 5.58. The maximum absolute atomic E-state index is 13.1. The Kier molecular flexibility index (Phi) is 20.5. The monoisotopic (exact) mass is 1090 g/mol. The zero-order chi connectivity index (χ0) is 53.7. The van der Waals surface area contributed by atoms with E-state index in [-0.39, 0.29) is 10.9 Å². The number of hydrogen-bond donors (Lipinski definition) is 0. The van der Waals surface area contributed by atoms with Crippen LogP contribution >= 0.6 is 0 Å². The molecule has 0 radical (unpaired) electrons. The van der Waals surface area contributed by atoms with Gasteiger partial charge < -0.3 is 24.5 Å². The van der Waals surface area contributed by atoms with E-state index in [0.29, 0.717) is 39.3 Å². The van der Waals surface area contributed by atoms with Gasteiger partial charge in [0.25, 0.3) is 10.2 Å². The Morgan fingerprint density at radius 2 is 0.816 bits per heavy atom. The Morgan fingerprint density at radius 3 is 1.20 bits per heavy atom. The van der Waals surface area contributed by atoms with Gasteiger partial charge in [-0.05, 0) is 92.3 Å². The molecule has 0 N–H and O–H groups in total. The first-order chi connectivity index (χ1) is 36.8. The van der Waals surface area contributed by atoms with Crippen molar-refractivity contribution in [1.29, 1.82) is 0 Å². The molecule has 4 aromatic carbocycles. The summed E-state index contributed by atoms with van der Waals surface area (Å²) < 4.78 is 68.3. The number of fused-ring (bicyclic) bond motifs is 3. The quantitative estimate of drug-likeness (QED) is 0.132. The van der Waals surface area contributed by atoms with Crippen LogP contribution in [0.2, 0.25) is 0 Å². The number of piperazine rings is 3. The molecular weight excluding hydrogens is 1000 g/mol. The maximum Gasteiger partial charge on any atom is 0.320 e. The van der Waals surface area contributed by atoms with Crippen LogP contribution in [0, 0.1) is 5.82 Å². The molecule has 0 atom stereocenters. The number of urea groups is 1. The van der Waals surface area contributed by atoms with E-state index in [4.69, 9.17) is 0 Å². The highest BCUT2D eigenvalue weighted by molar-refractivity contribution is 7.89. The number of amides is 2. The van der Waals surface area contributed by atoms with E-state index in [1.165, 1.54) is 68.7 Å². The fraction of sp³-hybridized carbons (Fsp3) is 0.561. The minimum Gasteiger partial charge on any atom is -0.370 e. The number of rotatable bonds is 17. The first-order valence-corrected chi connectivity index (χ1v) is 30.9. The highest BCUT2D eigenvalue weighted by atomic mass is 32.2. The molecule has 3 saturated heterocycles. The summed E-state index contributed by atoms with van der Waals surface area (Å²) >= 11 is 0. The largest absolute Gasteiger partial charge is 0.370 e. The van der Waals surface area contributed by atoms with Gasteiger partial charge in [0, 0.05) is 181 Å². The lowest BCUT2D eigenvalue weighted by atomic mass is 10.2. The fourth-order valence-corrected chi connectivity index (χ4v) is 14.4. The van der Waals surface area contributed by atoms with E-state index in [1.54, 1.807) is 8.61 Å². The molecular formula is C57H84FN11O5S2. The summed E-state index contributed by atoms with van der Waals surface area (Å²) in [6.07, 6.45) is 3.40. The van der Waals surface area contributed by atoms with Gasteiger partial charge in [0.15, 0.2) is 0 Å². The van der Waals surface area contributed by atoms with Gasteiger partial charge in [-0.25, -0.2) is 17.6 Å². The molecule has 0 unspecified atom stereocenters. The van der Waals surface area contributed by atoms with Gasteiger partial charge >= 0.3 is 6.03 Å². The number of sulfonamides is 1. The third-order valence-corrected chi connectivity index (χ3v) is 20.3.